The van der Waals surface area contributed by atoms with Crippen LogP contribution in [-0.4, -0.2) is 5.75 Å². The maximum absolute atomic E-state index is 13.3. The summed E-state index contributed by atoms with van der Waals surface area (Å²) < 4.78 is 13.3. The SMILES string of the molecule is N#CCCCSCc1c(F)cccc1Cl. The van der Waals surface area contributed by atoms with Crippen molar-refractivity contribution in [3.8, 4) is 6.07 Å². The van der Waals surface area contributed by atoms with Gasteiger partial charge >= 0.3 is 0 Å². The van der Waals surface area contributed by atoms with E-state index in [0.717, 1.165) is 12.2 Å². The van der Waals surface area contributed by atoms with Gasteiger partial charge in [-0.25, -0.2) is 4.39 Å². The molecule has 0 saturated carbocycles. The van der Waals surface area contributed by atoms with Crippen LogP contribution >= 0.6 is 23.4 Å². The van der Waals surface area contributed by atoms with E-state index in [4.69, 9.17) is 16.9 Å². The van der Waals surface area contributed by atoms with E-state index >= 15 is 0 Å². The minimum Gasteiger partial charge on any atom is -0.207 e. The fraction of sp³-hybridized carbons (Fsp3) is 0.364. The molecule has 0 unspecified atom stereocenters. The van der Waals surface area contributed by atoms with Crippen LogP contribution in [0.3, 0.4) is 0 Å². The van der Waals surface area contributed by atoms with Gasteiger partial charge in [0, 0.05) is 22.8 Å². The molecular weight excluding hydrogens is 233 g/mol. The monoisotopic (exact) mass is 243 g/mol. The number of nitriles is 1. The Morgan fingerprint density at radius 2 is 2.27 bits per heavy atom. The highest BCUT2D eigenvalue weighted by Crippen LogP contribution is 2.24. The topological polar surface area (TPSA) is 23.8 Å². The molecule has 0 aliphatic heterocycles. The highest BCUT2D eigenvalue weighted by Gasteiger charge is 2.05. The van der Waals surface area contributed by atoms with Crippen LogP contribution in [0.15, 0.2) is 18.2 Å². The van der Waals surface area contributed by atoms with Gasteiger partial charge in [-0.2, -0.15) is 17.0 Å². The van der Waals surface area contributed by atoms with Crippen LogP contribution in [0, 0.1) is 17.1 Å². The number of rotatable bonds is 5. The van der Waals surface area contributed by atoms with Crippen molar-refractivity contribution in [1.29, 1.82) is 5.26 Å². The van der Waals surface area contributed by atoms with Crippen molar-refractivity contribution >= 4 is 23.4 Å². The minimum atomic E-state index is -0.254. The molecule has 0 bridgehead atoms. The molecule has 0 aliphatic rings. The van der Waals surface area contributed by atoms with Crippen molar-refractivity contribution in [2.75, 3.05) is 5.75 Å². The molecular formula is C11H11ClFNS. The lowest BCUT2D eigenvalue weighted by Gasteiger charge is -2.04. The van der Waals surface area contributed by atoms with Gasteiger partial charge < -0.3 is 0 Å². The predicted octanol–water partition coefficient (Wildman–Crippen LogP) is 4.02. The summed E-state index contributed by atoms with van der Waals surface area (Å²) in [6.07, 6.45) is 1.39. The molecule has 0 amide bonds. The van der Waals surface area contributed by atoms with Crippen LogP contribution in [-0.2, 0) is 5.75 Å². The summed E-state index contributed by atoms with van der Waals surface area (Å²) in [7, 11) is 0. The molecule has 0 aliphatic carbocycles. The van der Waals surface area contributed by atoms with Crippen LogP contribution in [0.1, 0.15) is 18.4 Å². The molecule has 0 N–H and O–H groups in total. The molecule has 1 aromatic rings. The Morgan fingerprint density at radius 1 is 1.47 bits per heavy atom. The molecule has 0 spiro atoms. The zero-order valence-corrected chi connectivity index (χ0v) is 9.74. The van der Waals surface area contributed by atoms with Crippen LogP contribution < -0.4 is 0 Å². The van der Waals surface area contributed by atoms with Gasteiger partial charge in [0.15, 0.2) is 0 Å². The standard InChI is InChI=1S/C11H11ClFNS/c12-10-4-3-5-11(13)9(10)8-15-7-2-1-6-14/h3-5H,1-2,7-8H2. The number of halogens is 2. The van der Waals surface area contributed by atoms with Gasteiger partial charge in [0.25, 0.3) is 0 Å². The zero-order chi connectivity index (χ0) is 11.1. The zero-order valence-electron chi connectivity index (χ0n) is 8.17. The number of benzene rings is 1. The fourth-order valence-electron chi connectivity index (χ4n) is 1.10. The Kier molecular flexibility index (Phi) is 5.52. The number of thioether (sulfide) groups is 1. The Bertz CT molecular complexity index is 342. The van der Waals surface area contributed by atoms with Gasteiger partial charge in [0.2, 0.25) is 0 Å². The van der Waals surface area contributed by atoms with E-state index < -0.39 is 0 Å². The lowest BCUT2D eigenvalue weighted by atomic mass is 10.2. The molecule has 0 radical (unpaired) electrons. The smallest absolute Gasteiger partial charge is 0.128 e. The summed E-state index contributed by atoms with van der Waals surface area (Å²) in [5.41, 5.74) is 0.557. The summed E-state index contributed by atoms with van der Waals surface area (Å²) in [6.45, 7) is 0. The number of hydrogen-bond donors (Lipinski definition) is 0. The third kappa shape index (κ3) is 4.11. The van der Waals surface area contributed by atoms with Crippen molar-refractivity contribution in [1.82, 2.24) is 0 Å². The van der Waals surface area contributed by atoms with Gasteiger partial charge in [-0.05, 0) is 24.3 Å². The molecule has 1 rings (SSSR count). The maximum atomic E-state index is 13.3. The second-order valence-corrected chi connectivity index (χ2v) is 4.53. The average Bonchev–Trinajstić information content (AvgIpc) is 2.21. The van der Waals surface area contributed by atoms with E-state index in [1.807, 2.05) is 0 Å². The Morgan fingerprint density at radius 3 is 2.93 bits per heavy atom. The summed E-state index contributed by atoms with van der Waals surface area (Å²) >= 11 is 7.46. The van der Waals surface area contributed by atoms with Crippen LogP contribution in [0.2, 0.25) is 5.02 Å². The first-order chi connectivity index (χ1) is 7.25. The van der Waals surface area contributed by atoms with Crippen molar-refractivity contribution in [3.05, 3.63) is 34.6 Å². The fourth-order valence-corrected chi connectivity index (χ4v) is 2.40. The van der Waals surface area contributed by atoms with Crippen molar-refractivity contribution < 1.29 is 4.39 Å². The average molecular weight is 244 g/mol. The molecule has 1 aromatic carbocycles. The summed E-state index contributed by atoms with van der Waals surface area (Å²) in [5, 5.41) is 8.81. The molecule has 0 saturated heterocycles. The Hall–Kier alpha value is -0.720. The molecule has 0 fully saturated rings. The number of nitrogens with zero attached hydrogens (tertiary/aromatic N) is 1. The summed E-state index contributed by atoms with van der Waals surface area (Å²) in [5.74, 6) is 1.17. The first-order valence-electron chi connectivity index (χ1n) is 4.63. The summed E-state index contributed by atoms with van der Waals surface area (Å²) in [6, 6.07) is 6.78. The minimum absolute atomic E-state index is 0.254. The Labute approximate surface area is 98.2 Å². The lowest BCUT2D eigenvalue weighted by molar-refractivity contribution is 0.617. The van der Waals surface area contributed by atoms with E-state index in [9.17, 15) is 4.39 Å². The third-order valence-corrected chi connectivity index (χ3v) is 3.31. The van der Waals surface area contributed by atoms with Gasteiger partial charge in [0.05, 0.1) is 6.07 Å². The van der Waals surface area contributed by atoms with E-state index in [1.54, 1.807) is 23.9 Å². The first-order valence-corrected chi connectivity index (χ1v) is 6.16. The summed E-state index contributed by atoms with van der Waals surface area (Å²) in [4.78, 5) is 0. The van der Waals surface area contributed by atoms with Gasteiger partial charge in [-0.1, -0.05) is 17.7 Å². The normalized spacial score (nSPS) is 9.93. The largest absolute Gasteiger partial charge is 0.207 e. The Balaban J connectivity index is 2.41. The first kappa shape index (κ1) is 12.4. The van der Waals surface area contributed by atoms with Crippen LogP contribution in [0.4, 0.5) is 4.39 Å². The second kappa shape index (κ2) is 6.71. The van der Waals surface area contributed by atoms with Crippen LogP contribution in [0.25, 0.3) is 0 Å². The van der Waals surface area contributed by atoms with Gasteiger partial charge in [-0.15, -0.1) is 0 Å². The van der Waals surface area contributed by atoms with E-state index in [1.165, 1.54) is 6.07 Å². The molecule has 4 heteroatoms. The van der Waals surface area contributed by atoms with E-state index in [2.05, 4.69) is 6.07 Å². The van der Waals surface area contributed by atoms with Crippen LogP contribution in [0.5, 0.6) is 0 Å². The van der Waals surface area contributed by atoms with Crippen molar-refractivity contribution in [2.24, 2.45) is 0 Å². The highest BCUT2D eigenvalue weighted by molar-refractivity contribution is 7.98. The molecule has 0 aromatic heterocycles. The molecule has 0 atom stereocenters. The lowest BCUT2D eigenvalue weighted by Crippen LogP contribution is -1.90. The van der Waals surface area contributed by atoms with Gasteiger partial charge in [-0.3, -0.25) is 0 Å². The van der Waals surface area contributed by atoms with Crippen molar-refractivity contribution in [2.45, 2.75) is 18.6 Å². The molecule has 15 heavy (non-hydrogen) atoms. The van der Waals surface area contributed by atoms with E-state index in [0.29, 0.717) is 22.8 Å². The van der Waals surface area contributed by atoms with Crippen molar-refractivity contribution in [3.63, 3.8) is 0 Å². The molecule has 0 heterocycles. The number of hydrogen-bond acceptors (Lipinski definition) is 2. The van der Waals surface area contributed by atoms with E-state index in [-0.39, 0.29) is 5.82 Å². The van der Waals surface area contributed by atoms with Gasteiger partial charge in [0.1, 0.15) is 5.82 Å². The molecule has 1 nitrogen and oxygen atoms in total. The third-order valence-electron chi connectivity index (χ3n) is 1.89. The highest BCUT2D eigenvalue weighted by atomic mass is 35.5. The molecule has 80 valence electrons. The maximum Gasteiger partial charge on any atom is 0.128 e. The quantitative estimate of drug-likeness (QED) is 0.730. The number of unbranched alkanes of at least 4 members (excludes halogenated alkanes) is 1. The predicted molar refractivity (Wildman–Crippen MR) is 62.4 cm³/mol. The second-order valence-electron chi connectivity index (χ2n) is 3.01.